The Kier molecular flexibility index (Phi) is 6.25. The van der Waals surface area contributed by atoms with E-state index in [1.54, 1.807) is 0 Å². The van der Waals surface area contributed by atoms with Gasteiger partial charge in [0.05, 0.1) is 12.2 Å². The number of β-amino-alcohol motifs (C(OH)–C–C–N with tert-alkyl or cyclic N) is 1. The Balaban J connectivity index is 2.80. The number of benzene rings is 1. The fourth-order valence-corrected chi connectivity index (χ4v) is 2.13. The van der Waals surface area contributed by atoms with Gasteiger partial charge in [-0.15, -0.1) is 0 Å². The maximum atomic E-state index is 13.7. The normalized spacial score (nSPS) is 13.2. The van der Waals surface area contributed by atoms with Crippen molar-refractivity contribution < 1.29 is 13.9 Å². The third kappa shape index (κ3) is 5.41. The number of nitriles is 1. The monoisotopic (exact) mass is 296 g/mol. The minimum Gasteiger partial charge on any atom is -0.387 e. The van der Waals surface area contributed by atoms with Crippen LogP contribution in [0.2, 0.25) is 0 Å². The number of hydrogen-bond acceptors (Lipinski definition) is 3. The number of halogens is 2. The maximum absolute atomic E-state index is 13.7. The molecule has 0 aromatic heterocycles. The summed E-state index contributed by atoms with van der Waals surface area (Å²) in [4.78, 5) is 2.00. The average Bonchev–Trinajstić information content (AvgIpc) is 2.36. The van der Waals surface area contributed by atoms with Gasteiger partial charge in [0, 0.05) is 30.1 Å². The fourth-order valence-electron chi connectivity index (χ4n) is 2.13. The summed E-state index contributed by atoms with van der Waals surface area (Å²) < 4.78 is 26.6. The van der Waals surface area contributed by atoms with Gasteiger partial charge in [-0.3, -0.25) is 4.90 Å². The summed E-state index contributed by atoms with van der Waals surface area (Å²) in [5.74, 6) is -1.40. The Hall–Kier alpha value is -1.51. The first kappa shape index (κ1) is 17.5. The Morgan fingerprint density at radius 1 is 1.33 bits per heavy atom. The van der Waals surface area contributed by atoms with E-state index < -0.39 is 17.7 Å². The van der Waals surface area contributed by atoms with E-state index in [9.17, 15) is 13.9 Å². The van der Waals surface area contributed by atoms with Crippen molar-refractivity contribution in [2.75, 3.05) is 13.1 Å². The van der Waals surface area contributed by atoms with Gasteiger partial charge < -0.3 is 5.11 Å². The molecule has 0 heterocycles. The van der Waals surface area contributed by atoms with Crippen molar-refractivity contribution >= 4 is 0 Å². The van der Waals surface area contributed by atoms with Crippen molar-refractivity contribution in [3.8, 4) is 6.07 Å². The van der Waals surface area contributed by atoms with Gasteiger partial charge in [-0.25, -0.2) is 8.78 Å². The van der Waals surface area contributed by atoms with Crippen LogP contribution in [0.4, 0.5) is 8.78 Å². The minimum atomic E-state index is -1.04. The molecule has 3 nitrogen and oxygen atoms in total. The lowest BCUT2D eigenvalue weighted by Gasteiger charge is -2.37. The molecule has 0 bridgehead atoms. The van der Waals surface area contributed by atoms with Gasteiger partial charge in [0.25, 0.3) is 0 Å². The summed E-state index contributed by atoms with van der Waals surface area (Å²) in [6, 6.07) is 5.26. The predicted octanol–water partition coefficient (Wildman–Crippen LogP) is 3.40. The molecule has 0 aliphatic heterocycles. The molecule has 0 saturated heterocycles. The van der Waals surface area contributed by atoms with Crippen molar-refractivity contribution in [3.63, 3.8) is 0 Å². The number of unbranched alkanes of at least 4 members (excludes halogenated alkanes) is 1. The van der Waals surface area contributed by atoms with Crippen molar-refractivity contribution in [1.29, 1.82) is 5.26 Å². The molecular formula is C16H22F2N2O. The molecule has 1 rings (SSSR count). The summed E-state index contributed by atoms with van der Waals surface area (Å²) in [5.41, 5.74) is -0.127. The molecule has 116 valence electrons. The zero-order chi connectivity index (χ0) is 16.0. The summed E-state index contributed by atoms with van der Waals surface area (Å²) in [7, 11) is 0. The lowest BCUT2D eigenvalue weighted by Crippen LogP contribution is -2.44. The Labute approximate surface area is 124 Å². The zero-order valence-corrected chi connectivity index (χ0v) is 12.7. The second kappa shape index (κ2) is 7.48. The van der Waals surface area contributed by atoms with Crippen LogP contribution in [0, 0.1) is 23.0 Å². The maximum Gasteiger partial charge on any atom is 0.131 e. The minimum absolute atomic E-state index is 0.0888. The van der Waals surface area contributed by atoms with E-state index in [0.717, 1.165) is 12.1 Å². The average molecular weight is 296 g/mol. The van der Waals surface area contributed by atoms with Crippen LogP contribution in [-0.2, 0) is 0 Å². The molecule has 0 amide bonds. The van der Waals surface area contributed by atoms with Crippen LogP contribution in [-0.4, -0.2) is 28.6 Å². The lowest BCUT2D eigenvalue weighted by atomic mass is 10.0. The number of rotatable bonds is 6. The smallest absolute Gasteiger partial charge is 0.131 e. The molecule has 1 atom stereocenters. The molecule has 1 aromatic carbocycles. The summed E-state index contributed by atoms with van der Waals surface area (Å²) in [6.45, 7) is 6.85. The Morgan fingerprint density at radius 2 is 2.00 bits per heavy atom. The molecule has 21 heavy (non-hydrogen) atoms. The summed E-state index contributed by atoms with van der Waals surface area (Å²) >= 11 is 0. The summed E-state index contributed by atoms with van der Waals surface area (Å²) in [6.07, 6.45) is 0.0897. The van der Waals surface area contributed by atoms with Crippen LogP contribution >= 0.6 is 0 Å². The molecule has 0 radical (unpaired) electrons. The number of aliphatic hydroxyl groups is 1. The molecule has 0 aliphatic rings. The second-order valence-corrected chi connectivity index (χ2v) is 6.06. The van der Waals surface area contributed by atoms with Crippen LogP contribution < -0.4 is 0 Å². The zero-order valence-electron chi connectivity index (χ0n) is 12.7. The third-order valence-electron chi connectivity index (χ3n) is 3.38. The van der Waals surface area contributed by atoms with Crippen LogP contribution in [0.3, 0.4) is 0 Å². The molecule has 0 aliphatic carbocycles. The molecule has 0 saturated carbocycles. The first-order chi connectivity index (χ1) is 9.75. The lowest BCUT2D eigenvalue weighted by molar-refractivity contribution is 0.0559. The highest BCUT2D eigenvalue weighted by molar-refractivity contribution is 5.21. The van der Waals surface area contributed by atoms with Crippen LogP contribution in [0.1, 0.15) is 45.3 Å². The fraction of sp³-hybridized carbons (Fsp3) is 0.562. The van der Waals surface area contributed by atoms with Gasteiger partial charge in [0.2, 0.25) is 0 Å². The molecular weight excluding hydrogens is 274 g/mol. The molecule has 1 N–H and O–H groups in total. The highest BCUT2D eigenvalue weighted by Gasteiger charge is 2.25. The van der Waals surface area contributed by atoms with Crippen molar-refractivity contribution in [3.05, 3.63) is 35.4 Å². The molecule has 0 spiro atoms. The van der Waals surface area contributed by atoms with E-state index in [2.05, 4.69) is 6.07 Å². The van der Waals surface area contributed by atoms with Gasteiger partial charge in [0.1, 0.15) is 11.6 Å². The van der Waals surface area contributed by atoms with Crippen molar-refractivity contribution in [1.82, 2.24) is 4.90 Å². The quantitative estimate of drug-likeness (QED) is 0.818. The SMILES string of the molecule is CC(C)(C)N(CCCC#N)C[C@@H](O)c1ccc(F)cc1F. The number of aliphatic hydroxyl groups excluding tert-OH is 1. The largest absolute Gasteiger partial charge is 0.387 e. The second-order valence-electron chi connectivity index (χ2n) is 6.06. The van der Waals surface area contributed by atoms with Gasteiger partial charge >= 0.3 is 0 Å². The van der Waals surface area contributed by atoms with Gasteiger partial charge in [-0.2, -0.15) is 5.26 Å². The van der Waals surface area contributed by atoms with E-state index in [1.807, 2.05) is 25.7 Å². The molecule has 5 heteroatoms. The van der Waals surface area contributed by atoms with Crippen LogP contribution in [0.5, 0.6) is 0 Å². The predicted molar refractivity (Wildman–Crippen MR) is 77.5 cm³/mol. The number of nitrogens with zero attached hydrogens (tertiary/aromatic N) is 2. The van der Waals surface area contributed by atoms with Crippen LogP contribution in [0.25, 0.3) is 0 Å². The van der Waals surface area contributed by atoms with Gasteiger partial charge in [0.15, 0.2) is 0 Å². The Bertz CT molecular complexity index is 506. The molecule has 0 fully saturated rings. The van der Waals surface area contributed by atoms with Gasteiger partial charge in [-0.05, 0) is 39.8 Å². The van der Waals surface area contributed by atoms with Crippen molar-refractivity contribution in [2.24, 2.45) is 0 Å². The van der Waals surface area contributed by atoms with E-state index in [0.29, 0.717) is 19.4 Å². The van der Waals surface area contributed by atoms with E-state index in [-0.39, 0.29) is 17.6 Å². The third-order valence-corrected chi connectivity index (χ3v) is 3.38. The first-order valence-corrected chi connectivity index (χ1v) is 7.00. The van der Waals surface area contributed by atoms with Crippen LogP contribution in [0.15, 0.2) is 18.2 Å². The number of hydrogen-bond donors (Lipinski definition) is 1. The molecule has 0 unspecified atom stereocenters. The topological polar surface area (TPSA) is 47.3 Å². The van der Waals surface area contributed by atoms with E-state index in [1.165, 1.54) is 6.07 Å². The van der Waals surface area contributed by atoms with E-state index >= 15 is 0 Å². The van der Waals surface area contributed by atoms with Crippen molar-refractivity contribution in [2.45, 2.75) is 45.3 Å². The standard InChI is InChI=1S/C16H22F2N2O/c1-16(2,3)20(9-5-4-8-19)11-15(21)13-7-6-12(17)10-14(13)18/h6-7,10,15,21H,4-5,9,11H2,1-3H3/t15-/m1/s1. The summed E-state index contributed by atoms with van der Waals surface area (Å²) in [5, 5.41) is 18.8. The van der Waals surface area contributed by atoms with Gasteiger partial charge in [-0.1, -0.05) is 6.07 Å². The Morgan fingerprint density at radius 3 is 2.52 bits per heavy atom. The highest BCUT2D eigenvalue weighted by Crippen LogP contribution is 2.23. The first-order valence-electron chi connectivity index (χ1n) is 7.00. The molecule has 1 aromatic rings. The van der Waals surface area contributed by atoms with E-state index in [4.69, 9.17) is 5.26 Å². The highest BCUT2D eigenvalue weighted by atomic mass is 19.1.